The van der Waals surface area contributed by atoms with Crippen molar-refractivity contribution in [1.82, 2.24) is 0 Å². The predicted molar refractivity (Wildman–Crippen MR) is 100 cm³/mol. The van der Waals surface area contributed by atoms with E-state index in [2.05, 4.69) is 0 Å². The summed E-state index contributed by atoms with van der Waals surface area (Å²) in [6, 6.07) is 9.15. The molecule has 6 nitrogen and oxygen atoms in total. The zero-order valence-corrected chi connectivity index (χ0v) is 15.0. The molecule has 0 aliphatic heterocycles. The second kappa shape index (κ2) is 11.4. The average Bonchev–Trinajstić information content (AvgIpc) is 2.60. The Balaban J connectivity index is 0.00000338. The third-order valence-electron chi connectivity index (χ3n) is 4.76. The fraction of sp³-hybridized carbons (Fsp3) is 0.611. The quantitative estimate of drug-likeness (QED) is 0.397. The molecule has 0 amide bonds. The minimum absolute atomic E-state index is 0. The Labute approximate surface area is 177 Å². The summed E-state index contributed by atoms with van der Waals surface area (Å²) in [6.07, 6.45) is 3.62. The summed E-state index contributed by atoms with van der Waals surface area (Å²) in [5.41, 5.74) is 0.816. The van der Waals surface area contributed by atoms with Crippen molar-refractivity contribution in [3.05, 3.63) is 35.9 Å². The maximum absolute atomic E-state index is 12.5. The molecule has 2 atom stereocenters. The Bertz CT molecular complexity index is 643. The molecule has 1 fully saturated rings. The topological polar surface area (TPSA) is 101 Å². The van der Waals surface area contributed by atoms with Gasteiger partial charge in [0.15, 0.2) is 0 Å². The number of esters is 1. The van der Waals surface area contributed by atoms with Crippen LogP contribution in [0.1, 0.15) is 44.1 Å². The van der Waals surface area contributed by atoms with Crippen LogP contribution in [0.5, 0.6) is 0 Å². The molecule has 2 N–H and O–H groups in total. The molecule has 26 heavy (non-hydrogen) atoms. The van der Waals surface area contributed by atoms with Crippen molar-refractivity contribution in [2.75, 3.05) is 5.75 Å². The van der Waals surface area contributed by atoms with Gasteiger partial charge in [0.2, 0.25) is 0 Å². The molecule has 0 radical (unpaired) electrons. The van der Waals surface area contributed by atoms with Crippen molar-refractivity contribution in [3.63, 3.8) is 0 Å². The van der Waals surface area contributed by atoms with Gasteiger partial charge in [-0.25, -0.2) is 0 Å². The van der Waals surface area contributed by atoms with Crippen molar-refractivity contribution in [1.29, 1.82) is 0 Å². The normalized spacial score (nSPS) is 17.8. The van der Waals surface area contributed by atoms with Gasteiger partial charge in [0.05, 0.1) is 17.8 Å². The molecule has 0 spiro atoms. The molecule has 142 valence electrons. The molecule has 1 aromatic carbocycles. The second-order valence-electron chi connectivity index (χ2n) is 6.66. The SMILES string of the molecule is O=C(OCc1ccccc1)C(CCS(=O)(=O)O)C(O)C1CCCCC1.[NaH]. The molecule has 8 heteroatoms. The predicted octanol–water partition coefficient (Wildman–Crippen LogP) is 1.92. The number of hydrogen-bond donors (Lipinski definition) is 2. The Kier molecular flexibility index (Phi) is 10.4. The number of hydrogen-bond acceptors (Lipinski definition) is 5. The van der Waals surface area contributed by atoms with Crippen molar-refractivity contribution >= 4 is 45.6 Å². The Morgan fingerprint density at radius 3 is 2.35 bits per heavy atom. The fourth-order valence-electron chi connectivity index (χ4n) is 3.34. The number of ether oxygens (including phenoxy) is 1. The molecular weight excluding hydrogens is 367 g/mol. The summed E-state index contributed by atoms with van der Waals surface area (Å²) in [5.74, 6) is -2.18. The zero-order valence-electron chi connectivity index (χ0n) is 14.2. The first-order chi connectivity index (χ1) is 11.9. The third kappa shape index (κ3) is 8.06. The van der Waals surface area contributed by atoms with Gasteiger partial charge in [0.25, 0.3) is 10.1 Å². The van der Waals surface area contributed by atoms with E-state index in [1.165, 1.54) is 0 Å². The van der Waals surface area contributed by atoms with Crippen LogP contribution in [0.25, 0.3) is 0 Å². The summed E-state index contributed by atoms with van der Waals surface area (Å²) in [5, 5.41) is 10.6. The number of rotatable bonds is 8. The standard InChI is InChI=1S/C18H26O6S.Na.H/c19-17(15-9-5-2-6-10-15)16(11-12-25(21,22)23)18(20)24-13-14-7-3-1-4-8-14;;/h1,3-4,7-8,15-17,19H,2,5-6,9-13H2,(H,21,22,23);;. The number of aliphatic hydroxyl groups excluding tert-OH is 1. The molecule has 2 rings (SSSR count). The van der Waals surface area contributed by atoms with E-state index < -0.39 is 33.9 Å². The monoisotopic (exact) mass is 394 g/mol. The number of benzene rings is 1. The molecule has 0 aromatic heterocycles. The van der Waals surface area contributed by atoms with Gasteiger partial charge < -0.3 is 9.84 Å². The van der Waals surface area contributed by atoms with Crippen LogP contribution in [0, 0.1) is 11.8 Å². The zero-order chi connectivity index (χ0) is 18.3. The number of carbonyl (C=O) groups is 1. The van der Waals surface area contributed by atoms with E-state index in [1.807, 2.05) is 30.3 Å². The van der Waals surface area contributed by atoms with Gasteiger partial charge in [-0.3, -0.25) is 9.35 Å². The van der Waals surface area contributed by atoms with Gasteiger partial charge in [0, 0.05) is 0 Å². The van der Waals surface area contributed by atoms with Crippen LogP contribution in [-0.4, -0.2) is 65.5 Å². The van der Waals surface area contributed by atoms with Gasteiger partial charge in [0.1, 0.15) is 6.61 Å². The first kappa shape index (κ1) is 23.6. The van der Waals surface area contributed by atoms with E-state index in [9.17, 15) is 18.3 Å². The molecule has 0 saturated heterocycles. The Morgan fingerprint density at radius 2 is 1.77 bits per heavy atom. The number of aliphatic hydroxyl groups is 1. The van der Waals surface area contributed by atoms with Crippen LogP contribution in [0.3, 0.4) is 0 Å². The van der Waals surface area contributed by atoms with Crippen molar-refractivity contribution in [2.45, 2.75) is 51.2 Å². The van der Waals surface area contributed by atoms with E-state index in [0.29, 0.717) is 0 Å². The molecule has 0 heterocycles. The second-order valence-corrected chi connectivity index (χ2v) is 8.24. The molecule has 0 bridgehead atoms. The molecule has 1 aliphatic carbocycles. The van der Waals surface area contributed by atoms with E-state index in [1.54, 1.807) is 0 Å². The fourth-order valence-corrected chi connectivity index (χ4v) is 3.90. The van der Waals surface area contributed by atoms with E-state index in [-0.39, 0.29) is 48.5 Å². The first-order valence-electron chi connectivity index (χ1n) is 8.70. The number of carbonyl (C=O) groups excluding carboxylic acids is 1. The van der Waals surface area contributed by atoms with Crippen molar-refractivity contribution in [2.24, 2.45) is 11.8 Å². The van der Waals surface area contributed by atoms with E-state index in [4.69, 9.17) is 9.29 Å². The van der Waals surface area contributed by atoms with Crippen molar-refractivity contribution in [3.8, 4) is 0 Å². The van der Waals surface area contributed by atoms with Crippen LogP contribution in [0.2, 0.25) is 0 Å². The maximum atomic E-state index is 12.5. The first-order valence-corrected chi connectivity index (χ1v) is 10.3. The average molecular weight is 394 g/mol. The third-order valence-corrected chi connectivity index (χ3v) is 5.51. The van der Waals surface area contributed by atoms with Gasteiger partial charge in [-0.15, -0.1) is 0 Å². The van der Waals surface area contributed by atoms with Crippen LogP contribution in [-0.2, 0) is 26.3 Å². The minimum atomic E-state index is -4.20. The van der Waals surface area contributed by atoms with Gasteiger partial charge >= 0.3 is 35.5 Å². The van der Waals surface area contributed by atoms with E-state index >= 15 is 0 Å². The summed E-state index contributed by atoms with van der Waals surface area (Å²) in [6.45, 7) is 0.0689. The molecule has 1 aromatic rings. The summed E-state index contributed by atoms with van der Waals surface area (Å²) in [4.78, 5) is 12.5. The van der Waals surface area contributed by atoms with Crippen molar-refractivity contribution < 1.29 is 27.6 Å². The Hall–Kier alpha value is -0.440. The van der Waals surface area contributed by atoms with Gasteiger partial charge in [-0.1, -0.05) is 49.6 Å². The Morgan fingerprint density at radius 1 is 1.15 bits per heavy atom. The van der Waals surface area contributed by atoms with E-state index in [0.717, 1.165) is 37.7 Å². The summed E-state index contributed by atoms with van der Waals surface area (Å²) >= 11 is 0. The van der Waals surface area contributed by atoms with Crippen LogP contribution in [0.4, 0.5) is 0 Å². The van der Waals surface area contributed by atoms with Crippen LogP contribution >= 0.6 is 0 Å². The van der Waals surface area contributed by atoms with Gasteiger partial charge in [-0.05, 0) is 30.7 Å². The molecular formula is C18H27NaO6S. The van der Waals surface area contributed by atoms with Gasteiger partial charge in [-0.2, -0.15) is 8.42 Å². The van der Waals surface area contributed by atoms with Crippen LogP contribution < -0.4 is 0 Å². The molecule has 2 unspecified atom stereocenters. The summed E-state index contributed by atoms with van der Waals surface area (Å²) in [7, 11) is -4.20. The van der Waals surface area contributed by atoms with Crippen LogP contribution in [0.15, 0.2) is 30.3 Å². The molecule has 1 saturated carbocycles. The summed E-state index contributed by atoms with van der Waals surface area (Å²) < 4.78 is 36.4. The molecule has 1 aliphatic rings.